The summed E-state index contributed by atoms with van der Waals surface area (Å²) in [5, 5.41) is 3.39. The third-order valence-corrected chi connectivity index (χ3v) is 4.93. The summed E-state index contributed by atoms with van der Waals surface area (Å²) in [6.07, 6.45) is 0.416. The largest absolute Gasteiger partial charge is 0.481 e. The summed E-state index contributed by atoms with van der Waals surface area (Å²) in [7, 11) is 0. The molecular formula is C23H28ClFN2O3. The number of nitrogens with zero attached hydrogens (tertiary/aromatic N) is 1. The van der Waals surface area contributed by atoms with Crippen LogP contribution in [0.1, 0.15) is 32.8 Å². The lowest BCUT2D eigenvalue weighted by Crippen LogP contribution is -2.50. The number of rotatable bonds is 10. The SMILES string of the molecule is CCC(C(=O)NCC(C)C)N(Cc1ccccc1Cl)C(=O)COc1ccccc1F. The molecule has 2 amide bonds. The molecule has 0 aliphatic rings. The number of hydrogen-bond acceptors (Lipinski definition) is 3. The van der Waals surface area contributed by atoms with Crippen LogP contribution in [-0.2, 0) is 16.1 Å². The van der Waals surface area contributed by atoms with E-state index in [9.17, 15) is 14.0 Å². The fourth-order valence-corrected chi connectivity index (χ4v) is 3.13. The lowest BCUT2D eigenvalue weighted by Gasteiger charge is -2.31. The van der Waals surface area contributed by atoms with Crippen LogP contribution in [-0.4, -0.2) is 35.9 Å². The normalized spacial score (nSPS) is 11.8. The van der Waals surface area contributed by atoms with Crippen molar-refractivity contribution in [3.8, 4) is 5.75 Å². The van der Waals surface area contributed by atoms with Crippen molar-refractivity contribution in [2.24, 2.45) is 5.92 Å². The molecule has 162 valence electrons. The molecule has 0 spiro atoms. The van der Waals surface area contributed by atoms with E-state index in [4.69, 9.17) is 16.3 Å². The van der Waals surface area contributed by atoms with Crippen molar-refractivity contribution in [1.82, 2.24) is 10.2 Å². The van der Waals surface area contributed by atoms with Crippen LogP contribution >= 0.6 is 11.6 Å². The number of amides is 2. The molecule has 1 N–H and O–H groups in total. The molecule has 2 rings (SSSR count). The molecule has 2 aromatic rings. The molecule has 30 heavy (non-hydrogen) atoms. The minimum absolute atomic E-state index is 0.0131. The van der Waals surface area contributed by atoms with Crippen LogP contribution in [0.2, 0.25) is 5.02 Å². The van der Waals surface area contributed by atoms with Gasteiger partial charge in [-0.2, -0.15) is 0 Å². The first kappa shape index (κ1) is 23.7. The van der Waals surface area contributed by atoms with Gasteiger partial charge in [0.2, 0.25) is 5.91 Å². The van der Waals surface area contributed by atoms with Crippen molar-refractivity contribution in [2.45, 2.75) is 39.8 Å². The Kier molecular flexibility index (Phi) is 9.12. The fourth-order valence-electron chi connectivity index (χ4n) is 2.94. The van der Waals surface area contributed by atoms with Crippen LogP contribution in [0.3, 0.4) is 0 Å². The van der Waals surface area contributed by atoms with Gasteiger partial charge in [-0.05, 0) is 36.1 Å². The van der Waals surface area contributed by atoms with Gasteiger partial charge in [0.25, 0.3) is 5.91 Å². The van der Waals surface area contributed by atoms with Crippen LogP contribution in [0.15, 0.2) is 48.5 Å². The Labute approximate surface area is 182 Å². The van der Waals surface area contributed by atoms with Gasteiger partial charge in [0.15, 0.2) is 18.2 Å². The molecule has 1 atom stereocenters. The van der Waals surface area contributed by atoms with Crippen LogP contribution in [0.25, 0.3) is 0 Å². The van der Waals surface area contributed by atoms with Crippen molar-refractivity contribution in [1.29, 1.82) is 0 Å². The smallest absolute Gasteiger partial charge is 0.261 e. The topological polar surface area (TPSA) is 58.6 Å². The Bertz CT molecular complexity index is 860. The molecular weight excluding hydrogens is 407 g/mol. The number of carbonyl (C=O) groups is 2. The quantitative estimate of drug-likeness (QED) is 0.601. The Morgan fingerprint density at radius 2 is 1.80 bits per heavy atom. The van der Waals surface area contributed by atoms with E-state index < -0.39 is 17.8 Å². The summed E-state index contributed by atoms with van der Waals surface area (Å²) in [5.41, 5.74) is 0.716. The molecule has 1 unspecified atom stereocenters. The predicted molar refractivity (Wildman–Crippen MR) is 116 cm³/mol. The Balaban J connectivity index is 2.22. The average molecular weight is 435 g/mol. The zero-order chi connectivity index (χ0) is 22.1. The number of halogens is 2. The minimum atomic E-state index is -0.697. The second-order valence-electron chi connectivity index (χ2n) is 7.40. The van der Waals surface area contributed by atoms with E-state index in [2.05, 4.69) is 5.32 Å². The van der Waals surface area contributed by atoms with E-state index in [1.807, 2.05) is 26.8 Å². The van der Waals surface area contributed by atoms with Gasteiger partial charge in [-0.1, -0.05) is 62.7 Å². The summed E-state index contributed by atoms with van der Waals surface area (Å²) >= 11 is 6.28. The number of benzene rings is 2. The van der Waals surface area contributed by atoms with Crippen LogP contribution in [0.4, 0.5) is 4.39 Å². The van der Waals surface area contributed by atoms with Crippen molar-refractivity contribution < 1.29 is 18.7 Å². The number of ether oxygens (including phenoxy) is 1. The lowest BCUT2D eigenvalue weighted by atomic mass is 10.1. The highest BCUT2D eigenvalue weighted by Crippen LogP contribution is 2.21. The average Bonchev–Trinajstić information content (AvgIpc) is 2.72. The van der Waals surface area contributed by atoms with Gasteiger partial charge in [0, 0.05) is 18.1 Å². The van der Waals surface area contributed by atoms with E-state index in [-0.39, 0.29) is 30.7 Å². The second-order valence-corrected chi connectivity index (χ2v) is 7.80. The first-order valence-corrected chi connectivity index (χ1v) is 10.4. The summed E-state index contributed by atoms with van der Waals surface area (Å²) in [6, 6.07) is 12.3. The van der Waals surface area contributed by atoms with E-state index in [1.165, 1.54) is 17.0 Å². The van der Waals surface area contributed by atoms with Crippen molar-refractivity contribution >= 4 is 23.4 Å². The van der Waals surface area contributed by atoms with Gasteiger partial charge < -0.3 is 15.0 Å². The zero-order valence-electron chi connectivity index (χ0n) is 17.5. The van der Waals surface area contributed by atoms with Crippen molar-refractivity contribution in [2.75, 3.05) is 13.2 Å². The maximum atomic E-state index is 13.8. The first-order chi connectivity index (χ1) is 14.3. The molecule has 0 radical (unpaired) electrons. The van der Waals surface area contributed by atoms with Gasteiger partial charge in [-0.3, -0.25) is 9.59 Å². The monoisotopic (exact) mass is 434 g/mol. The van der Waals surface area contributed by atoms with E-state index in [0.29, 0.717) is 23.6 Å². The van der Waals surface area contributed by atoms with Gasteiger partial charge in [-0.25, -0.2) is 4.39 Å². The van der Waals surface area contributed by atoms with Crippen LogP contribution in [0.5, 0.6) is 5.75 Å². The Hall–Kier alpha value is -2.60. The minimum Gasteiger partial charge on any atom is -0.481 e. The number of para-hydroxylation sites is 1. The molecule has 7 heteroatoms. The Morgan fingerprint density at radius 3 is 2.43 bits per heavy atom. The molecule has 0 aliphatic carbocycles. The fraction of sp³-hybridized carbons (Fsp3) is 0.391. The first-order valence-electron chi connectivity index (χ1n) is 10.0. The molecule has 0 aliphatic heterocycles. The number of carbonyl (C=O) groups excluding carboxylic acids is 2. The highest BCUT2D eigenvalue weighted by molar-refractivity contribution is 6.31. The van der Waals surface area contributed by atoms with Crippen LogP contribution in [0, 0.1) is 11.7 Å². The van der Waals surface area contributed by atoms with Gasteiger partial charge in [-0.15, -0.1) is 0 Å². The number of nitrogens with one attached hydrogen (secondary N) is 1. The van der Waals surface area contributed by atoms with Crippen molar-refractivity contribution in [3.05, 3.63) is 64.9 Å². The number of hydrogen-bond donors (Lipinski definition) is 1. The molecule has 2 aromatic carbocycles. The molecule has 0 saturated carbocycles. The summed E-state index contributed by atoms with van der Waals surface area (Å²) in [5.74, 6) is -0.948. The highest BCUT2D eigenvalue weighted by atomic mass is 35.5. The second kappa shape index (κ2) is 11.6. The zero-order valence-corrected chi connectivity index (χ0v) is 18.3. The molecule has 0 saturated heterocycles. The Morgan fingerprint density at radius 1 is 1.13 bits per heavy atom. The van der Waals surface area contributed by atoms with E-state index in [0.717, 1.165) is 0 Å². The summed E-state index contributed by atoms with van der Waals surface area (Å²) in [6.45, 7) is 6.10. The van der Waals surface area contributed by atoms with Crippen LogP contribution < -0.4 is 10.1 Å². The third kappa shape index (κ3) is 6.73. The van der Waals surface area contributed by atoms with Gasteiger partial charge >= 0.3 is 0 Å². The maximum absolute atomic E-state index is 13.8. The summed E-state index contributed by atoms with van der Waals surface area (Å²) in [4.78, 5) is 27.3. The predicted octanol–water partition coefficient (Wildman–Crippen LogP) is 4.44. The van der Waals surface area contributed by atoms with Gasteiger partial charge in [0.1, 0.15) is 6.04 Å². The van der Waals surface area contributed by atoms with E-state index >= 15 is 0 Å². The maximum Gasteiger partial charge on any atom is 0.261 e. The molecule has 0 bridgehead atoms. The summed E-state index contributed by atoms with van der Waals surface area (Å²) < 4.78 is 19.2. The highest BCUT2D eigenvalue weighted by Gasteiger charge is 2.29. The lowest BCUT2D eigenvalue weighted by molar-refractivity contribution is -0.143. The molecule has 0 aromatic heterocycles. The molecule has 0 fully saturated rings. The molecule has 0 heterocycles. The standard InChI is InChI=1S/C23H28ClFN2O3/c1-4-20(23(29)26-13-16(2)3)27(14-17-9-5-6-10-18(17)24)22(28)15-30-21-12-8-7-11-19(21)25/h5-12,16,20H,4,13-15H2,1-3H3,(H,26,29). The third-order valence-electron chi connectivity index (χ3n) is 4.56. The van der Waals surface area contributed by atoms with E-state index in [1.54, 1.807) is 30.3 Å². The van der Waals surface area contributed by atoms with Gasteiger partial charge in [0.05, 0.1) is 0 Å². The van der Waals surface area contributed by atoms with Crippen molar-refractivity contribution in [3.63, 3.8) is 0 Å². The molecule has 5 nitrogen and oxygen atoms in total.